The standard InChI is InChI=1S/C14H27NO2/c1-2-3-4-5-6-7-8-11-15-12-9-10-13(15)14(16)17/h13H,2-12H2,1H3,(H,16,17). The maximum Gasteiger partial charge on any atom is 0.320 e. The largest absolute Gasteiger partial charge is 0.480 e. The molecule has 17 heavy (non-hydrogen) atoms. The van der Waals surface area contributed by atoms with Crippen molar-refractivity contribution >= 4 is 5.97 Å². The molecule has 0 saturated carbocycles. The van der Waals surface area contributed by atoms with Crippen LogP contribution in [-0.4, -0.2) is 35.1 Å². The first-order chi connectivity index (χ1) is 8.25. The Morgan fingerprint density at radius 2 is 1.82 bits per heavy atom. The van der Waals surface area contributed by atoms with Gasteiger partial charge in [0.25, 0.3) is 0 Å². The van der Waals surface area contributed by atoms with Gasteiger partial charge in [-0.2, -0.15) is 0 Å². The number of carbonyl (C=O) groups is 1. The topological polar surface area (TPSA) is 40.5 Å². The lowest BCUT2D eigenvalue weighted by Gasteiger charge is -2.20. The minimum absolute atomic E-state index is 0.199. The Morgan fingerprint density at radius 3 is 2.47 bits per heavy atom. The smallest absolute Gasteiger partial charge is 0.320 e. The molecule has 1 atom stereocenters. The number of carboxylic acid groups (broad SMARTS) is 1. The highest BCUT2D eigenvalue weighted by molar-refractivity contribution is 5.73. The fourth-order valence-electron chi connectivity index (χ4n) is 2.65. The summed E-state index contributed by atoms with van der Waals surface area (Å²) in [5.41, 5.74) is 0. The van der Waals surface area contributed by atoms with Crippen LogP contribution in [-0.2, 0) is 4.79 Å². The number of carboxylic acids is 1. The second kappa shape index (κ2) is 8.51. The van der Waals surface area contributed by atoms with Gasteiger partial charge in [-0.15, -0.1) is 0 Å². The molecule has 0 aliphatic carbocycles. The molecule has 1 rings (SSSR count). The third-order valence-corrected chi connectivity index (χ3v) is 3.70. The van der Waals surface area contributed by atoms with Gasteiger partial charge in [-0.3, -0.25) is 9.69 Å². The summed E-state index contributed by atoms with van der Waals surface area (Å²) in [4.78, 5) is 13.1. The maximum atomic E-state index is 11.0. The van der Waals surface area contributed by atoms with Gasteiger partial charge < -0.3 is 5.11 Å². The molecule has 0 bridgehead atoms. The Labute approximate surface area is 105 Å². The SMILES string of the molecule is CCCCCCCCCN1CCCC1C(=O)O. The molecule has 1 saturated heterocycles. The van der Waals surface area contributed by atoms with Crippen LogP contribution in [0.5, 0.6) is 0 Å². The molecule has 0 aromatic carbocycles. The summed E-state index contributed by atoms with van der Waals surface area (Å²) >= 11 is 0. The highest BCUT2D eigenvalue weighted by Gasteiger charge is 2.29. The molecular formula is C14H27NO2. The summed E-state index contributed by atoms with van der Waals surface area (Å²) < 4.78 is 0. The predicted octanol–water partition coefficient (Wildman–Crippen LogP) is 3.29. The van der Waals surface area contributed by atoms with Gasteiger partial charge in [0.05, 0.1) is 0 Å². The molecule has 0 aromatic heterocycles. The molecule has 0 spiro atoms. The van der Waals surface area contributed by atoms with Crippen LogP contribution in [0.4, 0.5) is 0 Å². The van der Waals surface area contributed by atoms with Crippen LogP contribution >= 0.6 is 0 Å². The maximum absolute atomic E-state index is 11.0. The Kier molecular flexibility index (Phi) is 7.25. The Balaban J connectivity index is 2.00. The molecule has 0 amide bonds. The molecule has 1 unspecified atom stereocenters. The van der Waals surface area contributed by atoms with Crippen molar-refractivity contribution in [2.75, 3.05) is 13.1 Å². The second-order valence-electron chi connectivity index (χ2n) is 5.15. The number of nitrogens with zero attached hydrogens (tertiary/aromatic N) is 1. The summed E-state index contributed by atoms with van der Waals surface area (Å²) in [6, 6.07) is -0.199. The monoisotopic (exact) mass is 241 g/mol. The molecule has 0 aromatic rings. The van der Waals surface area contributed by atoms with Crippen molar-refractivity contribution in [1.29, 1.82) is 0 Å². The van der Waals surface area contributed by atoms with Crippen molar-refractivity contribution in [3.8, 4) is 0 Å². The van der Waals surface area contributed by atoms with E-state index in [0.29, 0.717) is 0 Å². The summed E-state index contributed by atoms with van der Waals surface area (Å²) in [7, 11) is 0. The number of hydrogen-bond acceptors (Lipinski definition) is 2. The average molecular weight is 241 g/mol. The van der Waals surface area contributed by atoms with Crippen LogP contribution in [0.2, 0.25) is 0 Å². The molecule has 1 heterocycles. The highest BCUT2D eigenvalue weighted by Crippen LogP contribution is 2.18. The van der Waals surface area contributed by atoms with Crippen molar-refractivity contribution < 1.29 is 9.90 Å². The number of rotatable bonds is 9. The lowest BCUT2D eigenvalue weighted by molar-refractivity contribution is -0.142. The third-order valence-electron chi connectivity index (χ3n) is 3.70. The van der Waals surface area contributed by atoms with E-state index in [0.717, 1.165) is 32.4 Å². The summed E-state index contributed by atoms with van der Waals surface area (Å²) in [5.74, 6) is -0.634. The minimum atomic E-state index is -0.634. The third kappa shape index (κ3) is 5.53. The number of unbranched alkanes of at least 4 members (excludes halogenated alkanes) is 6. The van der Waals surface area contributed by atoms with E-state index in [9.17, 15) is 4.79 Å². The van der Waals surface area contributed by atoms with Crippen LogP contribution in [0.3, 0.4) is 0 Å². The van der Waals surface area contributed by atoms with E-state index in [-0.39, 0.29) is 6.04 Å². The van der Waals surface area contributed by atoms with Crippen LogP contribution in [0, 0.1) is 0 Å². The zero-order valence-electron chi connectivity index (χ0n) is 11.2. The van der Waals surface area contributed by atoms with Crippen molar-refractivity contribution in [3.05, 3.63) is 0 Å². The quantitative estimate of drug-likeness (QED) is 0.630. The zero-order chi connectivity index (χ0) is 12.5. The van der Waals surface area contributed by atoms with Gasteiger partial charge in [-0.05, 0) is 32.4 Å². The molecule has 1 fully saturated rings. The fourth-order valence-corrected chi connectivity index (χ4v) is 2.65. The highest BCUT2D eigenvalue weighted by atomic mass is 16.4. The molecule has 100 valence electrons. The predicted molar refractivity (Wildman–Crippen MR) is 70.2 cm³/mol. The lowest BCUT2D eigenvalue weighted by Crippen LogP contribution is -2.36. The van der Waals surface area contributed by atoms with E-state index in [1.165, 1.54) is 38.5 Å². The van der Waals surface area contributed by atoms with Crippen molar-refractivity contribution in [2.45, 2.75) is 70.8 Å². The van der Waals surface area contributed by atoms with E-state index in [4.69, 9.17) is 5.11 Å². The first kappa shape index (κ1) is 14.5. The summed E-state index contributed by atoms with van der Waals surface area (Å²) in [6.45, 7) is 4.19. The molecular weight excluding hydrogens is 214 g/mol. The van der Waals surface area contributed by atoms with Crippen LogP contribution in [0.1, 0.15) is 64.7 Å². The van der Waals surface area contributed by atoms with Gasteiger partial charge in [-0.25, -0.2) is 0 Å². The lowest BCUT2D eigenvalue weighted by atomic mass is 10.1. The first-order valence-corrected chi connectivity index (χ1v) is 7.22. The molecule has 0 radical (unpaired) electrons. The van der Waals surface area contributed by atoms with E-state index >= 15 is 0 Å². The Hall–Kier alpha value is -0.570. The van der Waals surface area contributed by atoms with Gasteiger partial charge in [0.15, 0.2) is 0 Å². The van der Waals surface area contributed by atoms with Crippen molar-refractivity contribution in [1.82, 2.24) is 4.90 Å². The van der Waals surface area contributed by atoms with E-state index in [1.54, 1.807) is 0 Å². The van der Waals surface area contributed by atoms with E-state index in [2.05, 4.69) is 11.8 Å². The number of aliphatic carboxylic acids is 1. The van der Waals surface area contributed by atoms with Crippen LogP contribution < -0.4 is 0 Å². The van der Waals surface area contributed by atoms with E-state index < -0.39 is 5.97 Å². The number of likely N-dealkylation sites (tertiary alicyclic amines) is 1. The van der Waals surface area contributed by atoms with Crippen molar-refractivity contribution in [2.24, 2.45) is 0 Å². The first-order valence-electron chi connectivity index (χ1n) is 7.22. The van der Waals surface area contributed by atoms with Crippen molar-refractivity contribution in [3.63, 3.8) is 0 Å². The van der Waals surface area contributed by atoms with Gasteiger partial charge >= 0.3 is 5.97 Å². The normalized spacial score (nSPS) is 20.9. The van der Waals surface area contributed by atoms with Gasteiger partial charge in [0, 0.05) is 0 Å². The molecule has 1 aliphatic heterocycles. The fraction of sp³-hybridized carbons (Fsp3) is 0.929. The Morgan fingerprint density at radius 1 is 1.18 bits per heavy atom. The average Bonchev–Trinajstić information content (AvgIpc) is 2.76. The Bertz CT molecular complexity index is 218. The number of hydrogen-bond donors (Lipinski definition) is 1. The van der Waals surface area contributed by atoms with E-state index in [1.807, 2.05) is 0 Å². The molecule has 3 heteroatoms. The van der Waals surface area contributed by atoms with Crippen LogP contribution in [0.25, 0.3) is 0 Å². The summed E-state index contributed by atoms with van der Waals surface area (Å²) in [5, 5.41) is 9.04. The second-order valence-corrected chi connectivity index (χ2v) is 5.15. The van der Waals surface area contributed by atoms with Gasteiger partial charge in [0.1, 0.15) is 6.04 Å². The minimum Gasteiger partial charge on any atom is -0.480 e. The molecule has 3 nitrogen and oxygen atoms in total. The van der Waals surface area contributed by atoms with Gasteiger partial charge in [0.2, 0.25) is 0 Å². The molecule has 1 aliphatic rings. The van der Waals surface area contributed by atoms with Gasteiger partial charge in [-0.1, -0.05) is 45.4 Å². The van der Waals surface area contributed by atoms with Crippen LogP contribution in [0.15, 0.2) is 0 Å². The zero-order valence-corrected chi connectivity index (χ0v) is 11.2. The molecule has 1 N–H and O–H groups in total. The summed E-state index contributed by atoms with van der Waals surface area (Å²) in [6.07, 6.45) is 11.0.